The van der Waals surface area contributed by atoms with E-state index in [1.165, 1.54) is 0 Å². The summed E-state index contributed by atoms with van der Waals surface area (Å²) in [6, 6.07) is -0.0637. The number of Topliss-reactive ketones (excluding diaryl/α,β-unsaturated/α-hetero) is 1. The van der Waals surface area contributed by atoms with E-state index in [9.17, 15) is 4.79 Å². The van der Waals surface area contributed by atoms with Crippen molar-refractivity contribution in [1.82, 2.24) is 0 Å². The Balaban J connectivity index is 2.46. The summed E-state index contributed by atoms with van der Waals surface area (Å²) in [4.78, 5) is 13.4. The fourth-order valence-electron chi connectivity index (χ4n) is 1.17. The summed E-state index contributed by atoms with van der Waals surface area (Å²) in [6.45, 7) is 0. The van der Waals surface area contributed by atoms with Crippen molar-refractivity contribution in [2.24, 2.45) is 5.11 Å². The van der Waals surface area contributed by atoms with Crippen LogP contribution in [0.3, 0.4) is 0 Å². The minimum atomic E-state index is -0.0637. The van der Waals surface area contributed by atoms with Gasteiger partial charge in [0.05, 0.1) is 0 Å². The summed E-state index contributed by atoms with van der Waals surface area (Å²) < 4.78 is 0. The van der Waals surface area contributed by atoms with Crippen molar-refractivity contribution < 1.29 is 4.79 Å². The molecular formula is C6H9N3O. The second-order valence-electron chi connectivity index (χ2n) is 2.49. The van der Waals surface area contributed by atoms with E-state index >= 15 is 0 Å². The van der Waals surface area contributed by atoms with Crippen molar-refractivity contribution in [1.29, 1.82) is 0 Å². The van der Waals surface area contributed by atoms with E-state index in [0.29, 0.717) is 12.8 Å². The van der Waals surface area contributed by atoms with Crippen molar-refractivity contribution in [3.63, 3.8) is 0 Å². The number of hydrogen-bond donors (Lipinski definition) is 0. The molecule has 0 aromatic carbocycles. The molecule has 0 aliphatic heterocycles. The number of hydrogen-bond acceptors (Lipinski definition) is 2. The molecular weight excluding hydrogens is 130 g/mol. The van der Waals surface area contributed by atoms with Gasteiger partial charge in [0.1, 0.15) is 5.78 Å². The predicted octanol–water partition coefficient (Wildman–Crippen LogP) is 1.81. The fraction of sp³-hybridized carbons (Fsp3) is 0.833. The van der Waals surface area contributed by atoms with Crippen LogP contribution in [-0.2, 0) is 4.79 Å². The van der Waals surface area contributed by atoms with Crippen LogP contribution >= 0.6 is 0 Å². The molecule has 0 aromatic rings. The van der Waals surface area contributed by atoms with Crippen molar-refractivity contribution in [2.75, 3.05) is 0 Å². The summed E-state index contributed by atoms with van der Waals surface area (Å²) in [6.07, 6.45) is 2.86. The second kappa shape index (κ2) is 3.22. The molecule has 0 saturated heterocycles. The van der Waals surface area contributed by atoms with E-state index in [1.54, 1.807) is 0 Å². The molecule has 1 fully saturated rings. The van der Waals surface area contributed by atoms with Gasteiger partial charge < -0.3 is 0 Å². The SMILES string of the molecule is [N-]=[N+]=N[C@H]1CCCC(=O)C1. The Bertz CT molecular complexity index is 183. The molecule has 1 rings (SSSR count). The first-order chi connectivity index (χ1) is 4.83. The Morgan fingerprint density at radius 2 is 2.50 bits per heavy atom. The minimum Gasteiger partial charge on any atom is -0.300 e. The maximum absolute atomic E-state index is 10.8. The van der Waals surface area contributed by atoms with E-state index in [-0.39, 0.29) is 11.8 Å². The molecule has 4 nitrogen and oxygen atoms in total. The zero-order chi connectivity index (χ0) is 7.40. The van der Waals surface area contributed by atoms with Crippen LogP contribution in [0.4, 0.5) is 0 Å². The molecule has 1 saturated carbocycles. The van der Waals surface area contributed by atoms with Crippen LogP contribution in [0.25, 0.3) is 10.4 Å². The zero-order valence-corrected chi connectivity index (χ0v) is 5.66. The summed E-state index contributed by atoms with van der Waals surface area (Å²) in [5.41, 5.74) is 8.05. The van der Waals surface area contributed by atoms with E-state index < -0.39 is 0 Å². The van der Waals surface area contributed by atoms with Gasteiger partial charge in [0, 0.05) is 23.8 Å². The predicted molar refractivity (Wildman–Crippen MR) is 36.4 cm³/mol. The van der Waals surface area contributed by atoms with Gasteiger partial charge in [-0.2, -0.15) is 0 Å². The summed E-state index contributed by atoms with van der Waals surface area (Å²) >= 11 is 0. The monoisotopic (exact) mass is 139 g/mol. The topological polar surface area (TPSA) is 65.8 Å². The fourth-order valence-corrected chi connectivity index (χ4v) is 1.17. The molecule has 1 atom stereocenters. The van der Waals surface area contributed by atoms with Crippen LogP contribution in [0, 0.1) is 0 Å². The average molecular weight is 139 g/mol. The van der Waals surface area contributed by atoms with Crippen LogP contribution in [0.15, 0.2) is 5.11 Å². The van der Waals surface area contributed by atoms with Gasteiger partial charge in [0.25, 0.3) is 0 Å². The van der Waals surface area contributed by atoms with Crippen LogP contribution in [0.5, 0.6) is 0 Å². The Kier molecular flexibility index (Phi) is 2.29. The van der Waals surface area contributed by atoms with Gasteiger partial charge in [-0.05, 0) is 18.4 Å². The lowest BCUT2D eigenvalue weighted by Gasteiger charge is -2.14. The molecule has 0 N–H and O–H groups in total. The first-order valence-electron chi connectivity index (χ1n) is 3.39. The lowest BCUT2D eigenvalue weighted by Crippen LogP contribution is -2.16. The molecule has 1 aliphatic carbocycles. The largest absolute Gasteiger partial charge is 0.300 e. The summed E-state index contributed by atoms with van der Waals surface area (Å²) in [5.74, 6) is 0.226. The second-order valence-corrected chi connectivity index (χ2v) is 2.49. The normalized spacial score (nSPS) is 25.6. The molecule has 0 heterocycles. The lowest BCUT2D eigenvalue weighted by atomic mass is 9.95. The standard InChI is InChI=1S/C6H9N3O/c7-9-8-5-2-1-3-6(10)4-5/h5H,1-4H2/t5-/m0/s1. The minimum absolute atomic E-state index is 0.0637. The highest BCUT2D eigenvalue weighted by Gasteiger charge is 2.17. The van der Waals surface area contributed by atoms with Crippen molar-refractivity contribution in [3.8, 4) is 0 Å². The summed E-state index contributed by atoms with van der Waals surface area (Å²) in [5, 5.41) is 3.49. The van der Waals surface area contributed by atoms with E-state index in [1.807, 2.05) is 0 Å². The molecule has 0 amide bonds. The molecule has 0 bridgehead atoms. The highest BCUT2D eigenvalue weighted by atomic mass is 16.1. The molecule has 4 heteroatoms. The molecule has 1 aliphatic rings. The Morgan fingerprint density at radius 3 is 3.10 bits per heavy atom. The first kappa shape index (κ1) is 7.09. The third-order valence-corrected chi connectivity index (χ3v) is 1.67. The van der Waals surface area contributed by atoms with Gasteiger partial charge in [-0.15, -0.1) is 0 Å². The number of carbonyl (C=O) groups is 1. The Hall–Kier alpha value is -1.02. The molecule has 0 aromatic heterocycles. The number of ketones is 1. The Morgan fingerprint density at radius 1 is 1.70 bits per heavy atom. The van der Waals surface area contributed by atoms with Crippen LogP contribution < -0.4 is 0 Å². The highest BCUT2D eigenvalue weighted by molar-refractivity contribution is 5.79. The molecule has 10 heavy (non-hydrogen) atoms. The zero-order valence-electron chi connectivity index (χ0n) is 5.66. The maximum Gasteiger partial charge on any atom is 0.133 e. The molecule has 54 valence electrons. The maximum atomic E-state index is 10.8. The molecule has 0 spiro atoms. The van der Waals surface area contributed by atoms with Crippen molar-refractivity contribution >= 4 is 5.78 Å². The number of azide groups is 1. The van der Waals surface area contributed by atoms with Crippen molar-refractivity contribution in [2.45, 2.75) is 31.7 Å². The van der Waals surface area contributed by atoms with Gasteiger partial charge in [0.2, 0.25) is 0 Å². The first-order valence-corrected chi connectivity index (χ1v) is 3.39. The number of nitrogens with zero attached hydrogens (tertiary/aromatic N) is 3. The van der Waals surface area contributed by atoms with Gasteiger partial charge in [-0.3, -0.25) is 4.79 Å². The van der Waals surface area contributed by atoms with E-state index in [0.717, 1.165) is 12.8 Å². The van der Waals surface area contributed by atoms with Gasteiger partial charge >= 0.3 is 0 Å². The molecule has 0 unspecified atom stereocenters. The Labute approximate surface area is 58.9 Å². The molecule has 0 radical (unpaired) electrons. The smallest absolute Gasteiger partial charge is 0.133 e. The summed E-state index contributed by atoms with van der Waals surface area (Å²) in [7, 11) is 0. The quantitative estimate of drug-likeness (QED) is 0.310. The number of rotatable bonds is 1. The van der Waals surface area contributed by atoms with E-state index in [2.05, 4.69) is 10.0 Å². The van der Waals surface area contributed by atoms with Gasteiger partial charge in [0.15, 0.2) is 0 Å². The van der Waals surface area contributed by atoms with E-state index in [4.69, 9.17) is 5.53 Å². The third kappa shape index (κ3) is 1.74. The van der Waals surface area contributed by atoms with Crippen LogP contribution in [0.1, 0.15) is 25.7 Å². The number of carbonyl (C=O) groups excluding carboxylic acids is 1. The highest BCUT2D eigenvalue weighted by Crippen LogP contribution is 2.17. The van der Waals surface area contributed by atoms with Crippen LogP contribution in [-0.4, -0.2) is 11.8 Å². The van der Waals surface area contributed by atoms with Gasteiger partial charge in [-0.25, -0.2) is 0 Å². The van der Waals surface area contributed by atoms with Gasteiger partial charge in [-0.1, -0.05) is 5.11 Å². The van der Waals surface area contributed by atoms with Crippen LogP contribution in [0.2, 0.25) is 0 Å². The van der Waals surface area contributed by atoms with Crippen molar-refractivity contribution in [3.05, 3.63) is 10.4 Å². The average Bonchev–Trinajstić information content (AvgIpc) is 1.88. The third-order valence-electron chi connectivity index (χ3n) is 1.67. The lowest BCUT2D eigenvalue weighted by molar-refractivity contribution is -0.120.